The van der Waals surface area contributed by atoms with Crippen LogP contribution >= 0.6 is 15.9 Å². The molecule has 0 amide bonds. The van der Waals surface area contributed by atoms with Crippen LogP contribution in [0.4, 0.5) is 11.4 Å². The molecule has 3 N–H and O–H groups in total. The molecule has 0 fully saturated rings. The minimum atomic E-state index is -0.946. The maximum atomic E-state index is 10.7. The minimum absolute atomic E-state index is 0.0494. The number of rotatable bonds is 5. The highest BCUT2D eigenvalue weighted by atomic mass is 79.9. The van der Waals surface area contributed by atoms with Crippen LogP contribution in [0.25, 0.3) is 0 Å². The number of aliphatic hydroxyl groups excluding tert-OH is 2. The molecular formula is C9H11BrN2O4. The van der Waals surface area contributed by atoms with Crippen LogP contribution in [0.5, 0.6) is 0 Å². The van der Waals surface area contributed by atoms with E-state index in [1.807, 2.05) is 0 Å². The topological polar surface area (TPSA) is 95.6 Å². The fourth-order valence-corrected chi connectivity index (χ4v) is 1.46. The predicted octanol–water partition coefficient (Wildman–Crippen LogP) is 1.12. The third kappa shape index (κ3) is 3.44. The zero-order valence-electron chi connectivity index (χ0n) is 8.26. The monoisotopic (exact) mass is 290 g/mol. The quantitative estimate of drug-likeness (QED) is 0.558. The minimum Gasteiger partial charge on any atom is -0.394 e. The van der Waals surface area contributed by atoms with Crippen molar-refractivity contribution in [2.45, 2.75) is 6.10 Å². The van der Waals surface area contributed by atoms with Crippen molar-refractivity contribution in [1.82, 2.24) is 0 Å². The maximum absolute atomic E-state index is 10.7. The number of aliphatic hydroxyl groups is 2. The molecule has 0 radical (unpaired) electrons. The van der Waals surface area contributed by atoms with Crippen LogP contribution in [0, 0.1) is 10.1 Å². The molecule has 1 atom stereocenters. The smallest absolute Gasteiger partial charge is 0.292 e. The summed E-state index contributed by atoms with van der Waals surface area (Å²) >= 11 is 3.20. The highest BCUT2D eigenvalue weighted by molar-refractivity contribution is 9.10. The summed E-state index contributed by atoms with van der Waals surface area (Å²) in [5.41, 5.74) is 0.222. The van der Waals surface area contributed by atoms with Gasteiger partial charge in [0.05, 0.1) is 17.6 Å². The Labute approximate surface area is 100 Å². The molecule has 0 bridgehead atoms. The van der Waals surface area contributed by atoms with Crippen molar-refractivity contribution in [2.75, 3.05) is 18.5 Å². The molecule has 1 aromatic carbocycles. The fraction of sp³-hybridized carbons (Fsp3) is 0.333. The molecular weight excluding hydrogens is 280 g/mol. The molecule has 0 aliphatic carbocycles. The summed E-state index contributed by atoms with van der Waals surface area (Å²) in [7, 11) is 0. The first-order chi connectivity index (χ1) is 7.54. The van der Waals surface area contributed by atoms with E-state index in [1.54, 1.807) is 12.1 Å². The standard InChI is InChI=1S/C9H11BrN2O4/c10-6-1-2-9(12(15)16)8(3-6)11-4-7(14)5-13/h1-3,7,11,13-14H,4-5H2/t7-/m0/s1. The van der Waals surface area contributed by atoms with Gasteiger partial charge in [-0.05, 0) is 12.1 Å². The Morgan fingerprint density at radius 2 is 2.25 bits per heavy atom. The van der Waals surface area contributed by atoms with Crippen LogP contribution in [0.15, 0.2) is 22.7 Å². The molecule has 0 spiro atoms. The van der Waals surface area contributed by atoms with E-state index in [9.17, 15) is 10.1 Å². The number of anilines is 1. The Morgan fingerprint density at radius 3 is 2.81 bits per heavy atom. The predicted molar refractivity (Wildman–Crippen MR) is 62.4 cm³/mol. The van der Waals surface area contributed by atoms with Gasteiger partial charge in [0.2, 0.25) is 0 Å². The molecule has 6 nitrogen and oxygen atoms in total. The summed E-state index contributed by atoms with van der Waals surface area (Å²) in [5, 5.41) is 31.1. The van der Waals surface area contributed by atoms with Gasteiger partial charge in [0.1, 0.15) is 5.69 Å². The average Bonchev–Trinajstić information content (AvgIpc) is 2.25. The Morgan fingerprint density at radius 1 is 1.56 bits per heavy atom. The van der Waals surface area contributed by atoms with Gasteiger partial charge < -0.3 is 15.5 Å². The summed E-state index contributed by atoms with van der Waals surface area (Å²) in [6, 6.07) is 4.46. The summed E-state index contributed by atoms with van der Waals surface area (Å²) in [5.74, 6) is 0. The van der Waals surface area contributed by atoms with Gasteiger partial charge in [0, 0.05) is 17.1 Å². The Hall–Kier alpha value is -1.18. The van der Waals surface area contributed by atoms with E-state index in [4.69, 9.17) is 10.2 Å². The molecule has 1 rings (SSSR count). The molecule has 0 heterocycles. The molecule has 0 aliphatic rings. The molecule has 88 valence electrons. The van der Waals surface area contributed by atoms with Crippen molar-refractivity contribution in [3.63, 3.8) is 0 Å². The molecule has 0 aromatic heterocycles. The van der Waals surface area contributed by atoms with Crippen LogP contribution in [-0.4, -0.2) is 34.4 Å². The largest absolute Gasteiger partial charge is 0.394 e. The Bertz CT molecular complexity index is 386. The van der Waals surface area contributed by atoms with Crippen molar-refractivity contribution in [1.29, 1.82) is 0 Å². The maximum Gasteiger partial charge on any atom is 0.292 e. The number of benzene rings is 1. The first-order valence-corrected chi connectivity index (χ1v) is 5.30. The van der Waals surface area contributed by atoms with Crippen LogP contribution in [0.2, 0.25) is 0 Å². The number of halogens is 1. The van der Waals surface area contributed by atoms with E-state index < -0.39 is 17.6 Å². The number of nitrogens with zero attached hydrogens (tertiary/aromatic N) is 1. The van der Waals surface area contributed by atoms with Crippen LogP contribution < -0.4 is 5.32 Å². The summed E-state index contributed by atoms with van der Waals surface area (Å²) in [6.07, 6.45) is -0.946. The third-order valence-electron chi connectivity index (χ3n) is 1.89. The highest BCUT2D eigenvalue weighted by Crippen LogP contribution is 2.27. The van der Waals surface area contributed by atoms with Crippen molar-refractivity contribution in [3.05, 3.63) is 32.8 Å². The van der Waals surface area contributed by atoms with Crippen LogP contribution in [0.1, 0.15) is 0 Å². The van der Waals surface area contributed by atoms with Gasteiger partial charge in [0.25, 0.3) is 5.69 Å². The van der Waals surface area contributed by atoms with Crippen molar-refractivity contribution in [3.8, 4) is 0 Å². The number of nitrogens with one attached hydrogen (secondary N) is 1. The summed E-state index contributed by atoms with van der Waals surface area (Å²) in [4.78, 5) is 10.2. The number of hydrogen-bond acceptors (Lipinski definition) is 5. The lowest BCUT2D eigenvalue weighted by atomic mass is 10.2. The van der Waals surface area contributed by atoms with E-state index in [-0.39, 0.29) is 12.2 Å². The number of nitro benzene ring substituents is 1. The second-order valence-electron chi connectivity index (χ2n) is 3.14. The van der Waals surface area contributed by atoms with E-state index >= 15 is 0 Å². The normalized spacial score (nSPS) is 12.2. The lowest BCUT2D eigenvalue weighted by Gasteiger charge is -2.10. The molecule has 1 aromatic rings. The van der Waals surface area contributed by atoms with Gasteiger partial charge in [-0.2, -0.15) is 0 Å². The van der Waals surface area contributed by atoms with Crippen molar-refractivity contribution >= 4 is 27.3 Å². The molecule has 0 saturated carbocycles. The summed E-state index contributed by atoms with van der Waals surface area (Å²) in [6.45, 7) is -0.345. The second kappa shape index (κ2) is 5.78. The van der Waals surface area contributed by atoms with Gasteiger partial charge in [-0.1, -0.05) is 15.9 Å². The van der Waals surface area contributed by atoms with Gasteiger partial charge in [-0.25, -0.2) is 0 Å². The molecule has 0 saturated heterocycles. The van der Waals surface area contributed by atoms with E-state index in [2.05, 4.69) is 21.2 Å². The molecule has 16 heavy (non-hydrogen) atoms. The first-order valence-electron chi connectivity index (χ1n) is 4.51. The van der Waals surface area contributed by atoms with Gasteiger partial charge in [-0.15, -0.1) is 0 Å². The summed E-state index contributed by atoms with van der Waals surface area (Å²) < 4.78 is 0.694. The lowest BCUT2D eigenvalue weighted by molar-refractivity contribution is -0.384. The van der Waals surface area contributed by atoms with Crippen molar-refractivity contribution in [2.24, 2.45) is 0 Å². The zero-order chi connectivity index (χ0) is 12.1. The Kier molecular flexibility index (Phi) is 4.66. The zero-order valence-corrected chi connectivity index (χ0v) is 9.85. The van der Waals surface area contributed by atoms with Gasteiger partial charge in [0.15, 0.2) is 0 Å². The molecule has 0 unspecified atom stereocenters. The van der Waals surface area contributed by atoms with Crippen molar-refractivity contribution < 1.29 is 15.1 Å². The van der Waals surface area contributed by atoms with Gasteiger partial charge in [-0.3, -0.25) is 10.1 Å². The molecule has 7 heteroatoms. The molecule has 0 aliphatic heterocycles. The average molecular weight is 291 g/mol. The second-order valence-corrected chi connectivity index (χ2v) is 4.05. The highest BCUT2D eigenvalue weighted by Gasteiger charge is 2.14. The SMILES string of the molecule is O=[N+]([O-])c1ccc(Br)cc1NC[C@H](O)CO. The van der Waals surface area contributed by atoms with E-state index in [0.29, 0.717) is 10.2 Å². The van der Waals surface area contributed by atoms with Crippen LogP contribution in [-0.2, 0) is 0 Å². The Balaban J connectivity index is 2.84. The van der Waals surface area contributed by atoms with Crippen LogP contribution in [0.3, 0.4) is 0 Å². The van der Waals surface area contributed by atoms with E-state index in [1.165, 1.54) is 6.07 Å². The fourth-order valence-electron chi connectivity index (χ4n) is 1.10. The van der Waals surface area contributed by atoms with E-state index in [0.717, 1.165) is 0 Å². The number of hydrogen-bond donors (Lipinski definition) is 3. The van der Waals surface area contributed by atoms with Gasteiger partial charge >= 0.3 is 0 Å². The first kappa shape index (κ1) is 12.9. The number of nitro groups is 1. The third-order valence-corrected chi connectivity index (χ3v) is 2.39. The lowest BCUT2D eigenvalue weighted by Crippen LogP contribution is -2.23.